The largest absolute Gasteiger partial charge is 0.478 e. The molecule has 0 bridgehead atoms. The Bertz CT molecular complexity index is 1130. The molecular weight excluding hydrogens is 389 g/mol. The zero-order valence-electron chi connectivity index (χ0n) is 13.6. The molecule has 2 heterocycles. The first-order valence-corrected chi connectivity index (χ1v) is 8.64. The van der Waals surface area contributed by atoms with Crippen LogP contribution < -0.4 is 5.32 Å². The molecule has 0 saturated heterocycles. The van der Waals surface area contributed by atoms with Crippen LogP contribution in [0, 0.1) is 0 Å². The SMILES string of the molecule is O=C1Nc2cc(Cl)ccc2/C1=C\c1ccc(-c2ccc(Cl)c(C(=O)O)c2)o1. The van der Waals surface area contributed by atoms with Crippen LogP contribution in [0.15, 0.2) is 52.9 Å². The molecule has 1 amide bonds. The molecular formula is C20H11Cl2NO4. The minimum absolute atomic E-state index is 0.00792. The molecule has 0 saturated carbocycles. The van der Waals surface area contributed by atoms with Crippen LogP contribution in [0.3, 0.4) is 0 Å². The molecule has 0 spiro atoms. The van der Waals surface area contributed by atoms with E-state index in [2.05, 4.69) is 5.32 Å². The van der Waals surface area contributed by atoms with Crippen molar-refractivity contribution in [3.8, 4) is 11.3 Å². The average Bonchev–Trinajstić information content (AvgIpc) is 3.20. The molecule has 0 aliphatic carbocycles. The average molecular weight is 400 g/mol. The molecule has 4 rings (SSSR count). The van der Waals surface area contributed by atoms with Gasteiger partial charge in [0.2, 0.25) is 0 Å². The first-order chi connectivity index (χ1) is 12.9. The number of halogens is 2. The maximum Gasteiger partial charge on any atom is 0.337 e. The lowest BCUT2D eigenvalue weighted by molar-refractivity contribution is -0.110. The van der Waals surface area contributed by atoms with Crippen molar-refractivity contribution in [1.82, 2.24) is 0 Å². The van der Waals surface area contributed by atoms with Gasteiger partial charge in [-0.25, -0.2) is 4.79 Å². The Kier molecular flexibility index (Phi) is 4.26. The minimum atomic E-state index is -1.12. The third-order valence-electron chi connectivity index (χ3n) is 4.16. The molecule has 0 unspecified atom stereocenters. The number of fused-ring (bicyclic) bond motifs is 1. The number of carboxylic acid groups (broad SMARTS) is 1. The maximum atomic E-state index is 12.2. The van der Waals surface area contributed by atoms with Crippen LogP contribution in [0.5, 0.6) is 0 Å². The number of hydrogen-bond donors (Lipinski definition) is 2. The van der Waals surface area contributed by atoms with E-state index >= 15 is 0 Å². The van der Waals surface area contributed by atoms with Gasteiger partial charge in [0.25, 0.3) is 5.91 Å². The van der Waals surface area contributed by atoms with E-state index in [0.29, 0.717) is 33.4 Å². The van der Waals surface area contributed by atoms with Crippen molar-refractivity contribution < 1.29 is 19.1 Å². The second-order valence-corrected chi connectivity index (χ2v) is 6.75. The highest BCUT2D eigenvalue weighted by Gasteiger charge is 2.24. The summed E-state index contributed by atoms with van der Waals surface area (Å²) in [5, 5.41) is 12.6. The standard InChI is InChI=1S/C20H11Cl2NO4/c21-11-2-4-13-14(19(24)23-17(13)8-11)9-12-3-6-18(27-12)10-1-5-16(22)15(7-10)20(25)26/h1-9H,(H,23,24)(H,25,26)/b14-9+. The van der Waals surface area contributed by atoms with E-state index in [9.17, 15) is 14.7 Å². The number of carbonyl (C=O) groups excluding carboxylic acids is 1. The van der Waals surface area contributed by atoms with E-state index in [1.807, 2.05) is 0 Å². The van der Waals surface area contributed by atoms with Crippen LogP contribution in [0.4, 0.5) is 5.69 Å². The fourth-order valence-corrected chi connectivity index (χ4v) is 3.25. The van der Waals surface area contributed by atoms with Gasteiger partial charge in [-0.3, -0.25) is 4.79 Å². The fourth-order valence-electron chi connectivity index (χ4n) is 2.88. The molecule has 1 aromatic heterocycles. The second-order valence-electron chi connectivity index (χ2n) is 5.90. The smallest absolute Gasteiger partial charge is 0.337 e. The van der Waals surface area contributed by atoms with Crippen molar-refractivity contribution in [2.45, 2.75) is 0 Å². The second kappa shape index (κ2) is 6.61. The monoisotopic (exact) mass is 399 g/mol. The quantitative estimate of drug-likeness (QED) is 0.574. The van der Waals surface area contributed by atoms with Crippen molar-refractivity contribution in [3.05, 3.63) is 75.5 Å². The number of aromatic carboxylic acids is 1. The Labute approximate surface area is 163 Å². The number of benzene rings is 2. The normalized spacial score (nSPS) is 14.3. The molecule has 27 heavy (non-hydrogen) atoms. The number of amides is 1. The topological polar surface area (TPSA) is 79.5 Å². The number of carboxylic acids is 1. The van der Waals surface area contributed by atoms with Gasteiger partial charge in [0.15, 0.2) is 0 Å². The number of anilines is 1. The van der Waals surface area contributed by atoms with Gasteiger partial charge in [-0.2, -0.15) is 0 Å². The number of rotatable bonds is 3. The van der Waals surface area contributed by atoms with Crippen LogP contribution in [0.2, 0.25) is 10.0 Å². The molecule has 0 fully saturated rings. The van der Waals surface area contributed by atoms with Crippen molar-refractivity contribution in [2.75, 3.05) is 5.32 Å². The third kappa shape index (κ3) is 3.23. The van der Waals surface area contributed by atoms with Crippen LogP contribution >= 0.6 is 23.2 Å². The van der Waals surface area contributed by atoms with Crippen molar-refractivity contribution in [3.63, 3.8) is 0 Å². The van der Waals surface area contributed by atoms with Gasteiger partial charge in [-0.15, -0.1) is 0 Å². The van der Waals surface area contributed by atoms with Gasteiger partial charge in [0.05, 0.1) is 21.8 Å². The van der Waals surface area contributed by atoms with Crippen molar-refractivity contribution in [1.29, 1.82) is 0 Å². The first kappa shape index (κ1) is 17.4. The summed E-state index contributed by atoms with van der Waals surface area (Å²) in [6.07, 6.45) is 1.63. The van der Waals surface area contributed by atoms with Gasteiger partial charge >= 0.3 is 5.97 Å². The number of hydrogen-bond acceptors (Lipinski definition) is 3. The Balaban J connectivity index is 1.70. The lowest BCUT2D eigenvalue weighted by atomic mass is 10.1. The molecule has 7 heteroatoms. The molecule has 0 atom stereocenters. The zero-order valence-corrected chi connectivity index (χ0v) is 15.1. The maximum absolute atomic E-state index is 12.2. The molecule has 2 aromatic carbocycles. The van der Waals surface area contributed by atoms with Crippen LogP contribution in [-0.4, -0.2) is 17.0 Å². The lowest BCUT2D eigenvalue weighted by Crippen LogP contribution is -2.03. The number of nitrogens with one attached hydrogen (secondary N) is 1. The summed E-state index contributed by atoms with van der Waals surface area (Å²) in [5.74, 6) is -0.431. The Hall–Kier alpha value is -3.02. The van der Waals surface area contributed by atoms with Crippen LogP contribution in [0.1, 0.15) is 21.7 Å². The highest BCUT2D eigenvalue weighted by molar-refractivity contribution is 6.36. The van der Waals surface area contributed by atoms with Gasteiger partial charge in [0.1, 0.15) is 11.5 Å². The summed E-state index contributed by atoms with van der Waals surface area (Å²) in [6, 6.07) is 13.2. The van der Waals surface area contributed by atoms with Gasteiger partial charge < -0.3 is 14.8 Å². The van der Waals surface area contributed by atoms with Crippen LogP contribution in [0.25, 0.3) is 23.0 Å². The van der Waals surface area contributed by atoms with Gasteiger partial charge in [0, 0.05) is 16.1 Å². The summed E-state index contributed by atoms with van der Waals surface area (Å²) in [7, 11) is 0. The molecule has 134 valence electrons. The minimum Gasteiger partial charge on any atom is -0.478 e. The van der Waals surface area contributed by atoms with E-state index < -0.39 is 5.97 Å². The van der Waals surface area contributed by atoms with E-state index in [-0.39, 0.29) is 16.5 Å². The summed E-state index contributed by atoms with van der Waals surface area (Å²) < 4.78 is 5.77. The predicted molar refractivity (Wildman–Crippen MR) is 104 cm³/mol. The van der Waals surface area contributed by atoms with E-state index in [1.165, 1.54) is 12.1 Å². The fraction of sp³-hybridized carbons (Fsp3) is 0. The van der Waals surface area contributed by atoms with Crippen molar-refractivity contribution >= 4 is 52.4 Å². The highest BCUT2D eigenvalue weighted by atomic mass is 35.5. The summed E-state index contributed by atoms with van der Waals surface area (Å²) >= 11 is 11.9. The van der Waals surface area contributed by atoms with Gasteiger partial charge in [-0.1, -0.05) is 29.3 Å². The highest BCUT2D eigenvalue weighted by Crippen LogP contribution is 2.35. The summed E-state index contributed by atoms with van der Waals surface area (Å²) in [5.41, 5.74) is 2.41. The molecule has 0 radical (unpaired) electrons. The lowest BCUT2D eigenvalue weighted by Gasteiger charge is -2.02. The van der Waals surface area contributed by atoms with E-state index in [4.69, 9.17) is 27.6 Å². The third-order valence-corrected chi connectivity index (χ3v) is 4.72. The number of furan rings is 1. The first-order valence-electron chi connectivity index (χ1n) is 7.88. The van der Waals surface area contributed by atoms with Gasteiger partial charge in [-0.05, 0) is 48.5 Å². The predicted octanol–water partition coefficient (Wildman–Crippen LogP) is 5.44. The molecule has 2 N–H and O–H groups in total. The summed E-state index contributed by atoms with van der Waals surface area (Å²) in [4.78, 5) is 23.5. The Morgan fingerprint density at radius 3 is 2.67 bits per heavy atom. The van der Waals surface area contributed by atoms with Crippen molar-refractivity contribution in [2.24, 2.45) is 0 Å². The molecule has 1 aliphatic heterocycles. The van der Waals surface area contributed by atoms with Crippen LogP contribution in [-0.2, 0) is 4.79 Å². The Morgan fingerprint density at radius 1 is 1.07 bits per heavy atom. The zero-order chi connectivity index (χ0) is 19.1. The van der Waals surface area contributed by atoms with E-state index in [1.54, 1.807) is 42.5 Å². The summed E-state index contributed by atoms with van der Waals surface area (Å²) in [6.45, 7) is 0. The Morgan fingerprint density at radius 2 is 1.89 bits per heavy atom. The van der Waals surface area contributed by atoms with E-state index in [0.717, 1.165) is 5.56 Å². The molecule has 3 aromatic rings. The molecule has 5 nitrogen and oxygen atoms in total. The number of carbonyl (C=O) groups is 2. The molecule has 1 aliphatic rings.